The molecule has 2 amide bonds. The number of likely N-dealkylation sites (tertiary alicyclic amines) is 1. The van der Waals surface area contributed by atoms with Gasteiger partial charge in [-0.1, -0.05) is 55.5 Å². The van der Waals surface area contributed by atoms with Crippen molar-refractivity contribution in [2.24, 2.45) is 17.8 Å². The van der Waals surface area contributed by atoms with Gasteiger partial charge in [-0.2, -0.15) is 0 Å². The van der Waals surface area contributed by atoms with Crippen LogP contribution in [0.1, 0.15) is 30.4 Å². The molecule has 184 valence electrons. The smallest absolute Gasteiger partial charge is 0.407 e. The Morgan fingerprint density at radius 1 is 1.06 bits per heavy atom. The molecule has 2 aromatic carbocycles. The zero-order valence-corrected chi connectivity index (χ0v) is 19.7. The third kappa shape index (κ3) is 4.62. The first-order valence-corrected chi connectivity index (χ1v) is 12.1. The maximum atomic E-state index is 12.8. The quantitative estimate of drug-likeness (QED) is 0.661. The Morgan fingerprint density at radius 3 is 2.34 bits per heavy atom. The summed E-state index contributed by atoms with van der Waals surface area (Å²) < 4.78 is 11.3. The molecule has 0 bridgehead atoms. The van der Waals surface area contributed by atoms with Crippen LogP contribution < -0.4 is 5.32 Å². The summed E-state index contributed by atoms with van der Waals surface area (Å²) >= 11 is 0. The van der Waals surface area contributed by atoms with E-state index in [4.69, 9.17) is 9.47 Å². The minimum Gasteiger partial charge on any atom is -0.481 e. The standard InChI is InChI=1S/C27H30N2O6/c1-16-12-29(13-23(16)26(31)32)25(30)17-10-18(34-14-17)11-28-27(33)35-15-24-21-8-4-2-6-19(21)20-7-3-5-9-22(20)24/h2-9,16-18,23-24H,10-15H2,1H3,(H,28,33)(H,31,32)/t16?,17-,18-,23?/m0/s1. The third-order valence-electron chi connectivity index (χ3n) is 7.49. The van der Waals surface area contributed by atoms with Crippen molar-refractivity contribution in [3.63, 3.8) is 0 Å². The van der Waals surface area contributed by atoms with Gasteiger partial charge in [-0.25, -0.2) is 4.79 Å². The second-order valence-electron chi connectivity index (χ2n) is 9.76. The van der Waals surface area contributed by atoms with Gasteiger partial charge in [0.25, 0.3) is 0 Å². The lowest BCUT2D eigenvalue weighted by atomic mass is 9.98. The van der Waals surface area contributed by atoms with Gasteiger partial charge in [0.15, 0.2) is 0 Å². The average Bonchev–Trinajstić information content (AvgIpc) is 3.57. The first-order valence-electron chi connectivity index (χ1n) is 12.1. The van der Waals surface area contributed by atoms with E-state index in [0.29, 0.717) is 13.0 Å². The zero-order valence-electron chi connectivity index (χ0n) is 19.7. The zero-order chi connectivity index (χ0) is 24.5. The molecule has 2 fully saturated rings. The fourth-order valence-electron chi connectivity index (χ4n) is 5.59. The van der Waals surface area contributed by atoms with Gasteiger partial charge in [0.1, 0.15) is 6.61 Å². The van der Waals surface area contributed by atoms with Crippen molar-refractivity contribution < 1.29 is 29.0 Å². The molecular formula is C27H30N2O6. The SMILES string of the molecule is CC1CN(C(=O)[C@@H]2CO[C@H](CNC(=O)OCC3c4ccccc4-c4ccccc43)C2)CC1C(=O)O. The molecule has 4 atom stereocenters. The number of ether oxygens (including phenoxy) is 2. The molecule has 2 unspecified atom stereocenters. The topological polar surface area (TPSA) is 105 Å². The number of carbonyl (C=O) groups is 3. The number of benzene rings is 2. The largest absolute Gasteiger partial charge is 0.481 e. The molecule has 2 aromatic rings. The van der Waals surface area contributed by atoms with Crippen LogP contribution in [0.3, 0.4) is 0 Å². The van der Waals surface area contributed by atoms with Crippen LogP contribution in [0.4, 0.5) is 4.79 Å². The van der Waals surface area contributed by atoms with Crippen LogP contribution in [-0.2, 0) is 19.1 Å². The number of carbonyl (C=O) groups excluding carboxylic acids is 2. The molecule has 0 saturated carbocycles. The number of amides is 2. The van der Waals surface area contributed by atoms with E-state index in [-0.39, 0.29) is 56.1 Å². The van der Waals surface area contributed by atoms with Crippen LogP contribution in [0.5, 0.6) is 0 Å². The highest BCUT2D eigenvalue weighted by molar-refractivity contribution is 5.81. The molecule has 2 heterocycles. The Morgan fingerprint density at radius 2 is 1.71 bits per heavy atom. The number of nitrogens with zero attached hydrogens (tertiary/aromatic N) is 1. The van der Waals surface area contributed by atoms with Gasteiger partial charge in [0.05, 0.1) is 24.5 Å². The minimum atomic E-state index is -0.861. The van der Waals surface area contributed by atoms with E-state index in [1.807, 2.05) is 31.2 Å². The van der Waals surface area contributed by atoms with Gasteiger partial charge in [-0.3, -0.25) is 9.59 Å². The second-order valence-corrected chi connectivity index (χ2v) is 9.76. The molecule has 0 aromatic heterocycles. The maximum Gasteiger partial charge on any atom is 0.407 e. The number of carboxylic acid groups (broad SMARTS) is 1. The van der Waals surface area contributed by atoms with Crippen LogP contribution in [0, 0.1) is 17.8 Å². The summed E-state index contributed by atoms with van der Waals surface area (Å²) in [6.07, 6.45) is -0.298. The van der Waals surface area contributed by atoms with Crippen LogP contribution >= 0.6 is 0 Å². The predicted octanol–water partition coefficient (Wildman–Crippen LogP) is 3.11. The van der Waals surface area contributed by atoms with Gasteiger partial charge in [-0.15, -0.1) is 0 Å². The van der Waals surface area contributed by atoms with Gasteiger partial charge in [-0.05, 0) is 34.6 Å². The van der Waals surface area contributed by atoms with E-state index < -0.39 is 18.0 Å². The summed E-state index contributed by atoms with van der Waals surface area (Å²) in [5, 5.41) is 12.1. The summed E-state index contributed by atoms with van der Waals surface area (Å²) in [7, 11) is 0. The first kappa shape index (κ1) is 23.4. The Balaban J connectivity index is 1.09. The van der Waals surface area contributed by atoms with Crippen LogP contribution in [0.15, 0.2) is 48.5 Å². The van der Waals surface area contributed by atoms with Crippen LogP contribution in [-0.4, -0.2) is 66.9 Å². The van der Waals surface area contributed by atoms with Crippen molar-refractivity contribution in [2.75, 3.05) is 32.8 Å². The molecule has 2 N–H and O–H groups in total. The number of hydrogen-bond acceptors (Lipinski definition) is 5. The molecule has 2 aliphatic heterocycles. The van der Waals surface area contributed by atoms with Crippen LogP contribution in [0.25, 0.3) is 11.1 Å². The number of rotatable bonds is 6. The lowest BCUT2D eigenvalue weighted by molar-refractivity contribution is -0.142. The third-order valence-corrected chi connectivity index (χ3v) is 7.49. The minimum absolute atomic E-state index is 0.00429. The molecular weight excluding hydrogens is 448 g/mol. The molecule has 0 spiro atoms. The van der Waals surface area contributed by atoms with E-state index in [0.717, 1.165) is 11.1 Å². The molecule has 0 radical (unpaired) electrons. The predicted molar refractivity (Wildman–Crippen MR) is 128 cm³/mol. The van der Waals surface area contributed by atoms with Crippen LogP contribution in [0.2, 0.25) is 0 Å². The Bertz CT molecular complexity index is 1090. The molecule has 8 heteroatoms. The van der Waals surface area contributed by atoms with E-state index in [1.54, 1.807) is 4.90 Å². The normalized spacial score (nSPS) is 25.2. The van der Waals surface area contributed by atoms with Crippen molar-refractivity contribution >= 4 is 18.0 Å². The molecule has 1 aliphatic carbocycles. The fourth-order valence-corrected chi connectivity index (χ4v) is 5.59. The second kappa shape index (κ2) is 9.70. The Labute approximate surface area is 204 Å². The van der Waals surface area contributed by atoms with Crippen molar-refractivity contribution in [3.8, 4) is 11.1 Å². The highest BCUT2D eigenvalue weighted by Crippen LogP contribution is 2.44. The number of fused-ring (bicyclic) bond motifs is 3. The lowest BCUT2D eigenvalue weighted by Crippen LogP contribution is -2.36. The Kier molecular flexibility index (Phi) is 6.47. The summed E-state index contributed by atoms with van der Waals surface area (Å²) in [6, 6.07) is 16.4. The molecule has 2 saturated heterocycles. The van der Waals surface area contributed by atoms with E-state index >= 15 is 0 Å². The van der Waals surface area contributed by atoms with Gasteiger partial charge in [0.2, 0.25) is 5.91 Å². The van der Waals surface area contributed by atoms with Crippen molar-refractivity contribution in [2.45, 2.75) is 25.4 Å². The monoisotopic (exact) mass is 478 g/mol. The number of nitrogens with one attached hydrogen (secondary N) is 1. The van der Waals surface area contributed by atoms with E-state index in [9.17, 15) is 19.5 Å². The van der Waals surface area contributed by atoms with Gasteiger partial charge >= 0.3 is 12.1 Å². The van der Waals surface area contributed by atoms with Crippen molar-refractivity contribution in [3.05, 3.63) is 59.7 Å². The first-order chi connectivity index (χ1) is 16.9. The number of carboxylic acids is 1. The molecule has 3 aliphatic rings. The fraction of sp³-hybridized carbons (Fsp3) is 0.444. The van der Waals surface area contributed by atoms with Crippen molar-refractivity contribution in [1.29, 1.82) is 0 Å². The summed E-state index contributed by atoms with van der Waals surface area (Å²) in [5.74, 6) is -1.83. The number of alkyl carbamates (subject to hydrolysis) is 1. The summed E-state index contributed by atoms with van der Waals surface area (Å²) in [4.78, 5) is 38.2. The van der Waals surface area contributed by atoms with Gasteiger partial charge < -0.3 is 24.8 Å². The number of aliphatic carboxylic acids is 1. The van der Waals surface area contributed by atoms with E-state index in [1.165, 1.54) is 11.1 Å². The molecule has 35 heavy (non-hydrogen) atoms. The molecule has 5 rings (SSSR count). The highest BCUT2D eigenvalue weighted by atomic mass is 16.5. The Hall–Kier alpha value is -3.39. The van der Waals surface area contributed by atoms with Crippen molar-refractivity contribution in [1.82, 2.24) is 10.2 Å². The lowest BCUT2D eigenvalue weighted by Gasteiger charge is -2.19. The highest BCUT2D eigenvalue weighted by Gasteiger charge is 2.41. The summed E-state index contributed by atoms with van der Waals surface area (Å²) in [6.45, 7) is 3.33. The van der Waals surface area contributed by atoms with Gasteiger partial charge in [0, 0.05) is 25.6 Å². The molecule has 8 nitrogen and oxygen atoms in total. The average molecular weight is 479 g/mol. The summed E-state index contributed by atoms with van der Waals surface area (Å²) in [5.41, 5.74) is 4.66. The maximum absolute atomic E-state index is 12.8. The number of hydrogen-bond donors (Lipinski definition) is 2. The van der Waals surface area contributed by atoms with E-state index in [2.05, 4.69) is 29.6 Å².